The molecule has 1 aromatic heterocycles. The zero-order valence-corrected chi connectivity index (χ0v) is 14.9. The van der Waals surface area contributed by atoms with Gasteiger partial charge in [0.05, 0.1) is 0 Å². The summed E-state index contributed by atoms with van der Waals surface area (Å²) in [4.78, 5) is 17.3. The molecule has 1 heterocycles. The van der Waals surface area contributed by atoms with Crippen molar-refractivity contribution in [2.24, 2.45) is 0 Å². The molecule has 1 amide bonds. The van der Waals surface area contributed by atoms with E-state index in [4.69, 9.17) is 0 Å². The van der Waals surface area contributed by atoms with Crippen molar-refractivity contribution in [3.63, 3.8) is 0 Å². The van der Waals surface area contributed by atoms with Crippen LogP contribution in [0.25, 0.3) is 10.8 Å². The van der Waals surface area contributed by atoms with E-state index >= 15 is 0 Å². The van der Waals surface area contributed by atoms with E-state index in [0.717, 1.165) is 11.4 Å². The number of carbonyl (C=O) groups excluding carboxylic acids is 1. The van der Waals surface area contributed by atoms with Crippen molar-refractivity contribution in [3.05, 3.63) is 78.5 Å². The molecule has 2 aromatic carbocycles. The lowest BCUT2D eigenvalue weighted by atomic mass is 10.0. The second-order valence-corrected chi connectivity index (χ2v) is 6.64. The summed E-state index contributed by atoms with van der Waals surface area (Å²) in [6.07, 6.45) is 5.88. The van der Waals surface area contributed by atoms with Gasteiger partial charge in [0.25, 0.3) is 0 Å². The van der Waals surface area contributed by atoms with Gasteiger partial charge >= 0.3 is 0 Å². The fraction of sp³-hybridized carbons (Fsp3) is 0.143. The Balaban J connectivity index is 1.89. The topological polar surface area (TPSA) is 42.0 Å². The Morgan fingerprint density at radius 1 is 1.12 bits per heavy atom. The number of nitrogens with one attached hydrogen (secondary N) is 1. The molecule has 3 nitrogen and oxygen atoms in total. The van der Waals surface area contributed by atoms with E-state index in [-0.39, 0.29) is 5.91 Å². The Labute approximate surface area is 152 Å². The van der Waals surface area contributed by atoms with Crippen molar-refractivity contribution in [1.29, 1.82) is 0 Å². The Bertz CT molecular complexity index is 891. The van der Waals surface area contributed by atoms with Crippen LogP contribution >= 0.6 is 11.8 Å². The van der Waals surface area contributed by atoms with Crippen LogP contribution in [0.3, 0.4) is 0 Å². The van der Waals surface area contributed by atoms with Crippen LogP contribution in [0.5, 0.6) is 0 Å². The number of hydrogen-bond acceptors (Lipinski definition) is 3. The first-order valence-electron chi connectivity index (χ1n) is 8.28. The van der Waals surface area contributed by atoms with Crippen molar-refractivity contribution < 1.29 is 4.79 Å². The highest BCUT2D eigenvalue weighted by atomic mass is 32.2. The molecule has 0 saturated heterocycles. The molecule has 3 rings (SSSR count). The summed E-state index contributed by atoms with van der Waals surface area (Å²) in [5.41, 5.74) is 1.24. The summed E-state index contributed by atoms with van der Waals surface area (Å²) < 4.78 is 0. The lowest BCUT2D eigenvalue weighted by Crippen LogP contribution is -2.23. The number of carbonyl (C=O) groups is 1. The Morgan fingerprint density at radius 2 is 1.96 bits per heavy atom. The van der Waals surface area contributed by atoms with Gasteiger partial charge in [-0.1, -0.05) is 54.2 Å². The Morgan fingerprint density at radius 3 is 2.76 bits per heavy atom. The zero-order chi connectivity index (χ0) is 17.5. The van der Waals surface area contributed by atoms with Gasteiger partial charge in [-0.2, -0.15) is 0 Å². The molecular formula is C21H20N2OS. The number of amides is 1. The van der Waals surface area contributed by atoms with Gasteiger partial charge in [-0.3, -0.25) is 4.79 Å². The lowest BCUT2D eigenvalue weighted by molar-refractivity contribution is -0.116. The van der Waals surface area contributed by atoms with Crippen LogP contribution in [-0.2, 0) is 11.2 Å². The molecule has 0 spiro atoms. The largest absolute Gasteiger partial charge is 0.352 e. The van der Waals surface area contributed by atoms with E-state index in [1.807, 2.05) is 31.2 Å². The van der Waals surface area contributed by atoms with Gasteiger partial charge in [0.2, 0.25) is 5.91 Å². The Kier molecular flexibility index (Phi) is 5.86. The molecule has 0 aliphatic rings. The minimum absolute atomic E-state index is 0.0540. The summed E-state index contributed by atoms with van der Waals surface area (Å²) in [7, 11) is 0. The first-order valence-corrected chi connectivity index (χ1v) is 9.09. The molecule has 3 aromatic rings. The number of pyridine rings is 1. The molecule has 4 heteroatoms. The minimum atomic E-state index is -0.0540. The van der Waals surface area contributed by atoms with Gasteiger partial charge in [0.1, 0.15) is 5.03 Å². The van der Waals surface area contributed by atoms with Gasteiger partial charge in [0, 0.05) is 17.6 Å². The minimum Gasteiger partial charge on any atom is -0.352 e. The normalized spacial score (nSPS) is 11.1. The fourth-order valence-electron chi connectivity index (χ4n) is 2.71. The molecule has 0 atom stereocenters. The third-order valence-electron chi connectivity index (χ3n) is 3.84. The van der Waals surface area contributed by atoms with Crippen LogP contribution in [0, 0.1) is 0 Å². The van der Waals surface area contributed by atoms with E-state index < -0.39 is 0 Å². The summed E-state index contributed by atoms with van der Waals surface area (Å²) in [5, 5.41) is 6.34. The first-order chi connectivity index (χ1) is 12.3. The first kappa shape index (κ1) is 17.2. The van der Waals surface area contributed by atoms with Crippen LogP contribution < -0.4 is 5.32 Å². The van der Waals surface area contributed by atoms with Gasteiger partial charge in [0.15, 0.2) is 0 Å². The fourth-order valence-corrected chi connectivity index (χ4v) is 3.67. The monoisotopic (exact) mass is 348 g/mol. The maximum absolute atomic E-state index is 11.7. The van der Waals surface area contributed by atoms with E-state index in [0.29, 0.717) is 6.54 Å². The van der Waals surface area contributed by atoms with Crippen molar-refractivity contribution in [3.8, 4) is 0 Å². The zero-order valence-electron chi connectivity index (χ0n) is 14.1. The van der Waals surface area contributed by atoms with Crippen LogP contribution in [0.15, 0.2) is 82.9 Å². The van der Waals surface area contributed by atoms with Gasteiger partial charge in [-0.25, -0.2) is 4.98 Å². The van der Waals surface area contributed by atoms with E-state index in [2.05, 4.69) is 40.6 Å². The SMILES string of the molecule is CC=CC(=O)NCCc1c(Sc2ccccn2)ccc2ccccc12. The van der Waals surface area contributed by atoms with Crippen molar-refractivity contribution in [2.75, 3.05) is 6.54 Å². The summed E-state index contributed by atoms with van der Waals surface area (Å²) in [6, 6.07) is 18.6. The van der Waals surface area contributed by atoms with Gasteiger partial charge in [-0.05, 0) is 54.0 Å². The van der Waals surface area contributed by atoms with E-state index in [1.54, 1.807) is 30.1 Å². The summed E-state index contributed by atoms with van der Waals surface area (Å²) in [5.74, 6) is -0.0540. The third kappa shape index (κ3) is 4.48. The molecule has 0 fully saturated rings. The second-order valence-electron chi connectivity index (χ2n) is 5.57. The number of allylic oxidation sites excluding steroid dienone is 1. The lowest BCUT2D eigenvalue weighted by Gasteiger charge is -2.13. The molecule has 0 aliphatic heterocycles. The number of nitrogens with zero attached hydrogens (tertiary/aromatic N) is 1. The highest BCUT2D eigenvalue weighted by Crippen LogP contribution is 2.33. The van der Waals surface area contributed by atoms with Crippen LogP contribution in [0.1, 0.15) is 12.5 Å². The molecule has 0 bridgehead atoms. The number of hydrogen-bond donors (Lipinski definition) is 1. The van der Waals surface area contributed by atoms with Crippen molar-refractivity contribution in [1.82, 2.24) is 10.3 Å². The van der Waals surface area contributed by atoms with Crippen LogP contribution in [0.4, 0.5) is 0 Å². The quantitative estimate of drug-likeness (QED) is 0.661. The molecule has 126 valence electrons. The number of fused-ring (bicyclic) bond motifs is 1. The number of benzene rings is 2. The predicted octanol–water partition coefficient (Wildman–Crippen LogP) is 4.62. The number of aromatic nitrogens is 1. The maximum atomic E-state index is 11.7. The third-order valence-corrected chi connectivity index (χ3v) is 4.90. The van der Waals surface area contributed by atoms with E-state index in [9.17, 15) is 4.79 Å². The highest BCUT2D eigenvalue weighted by Gasteiger charge is 2.10. The van der Waals surface area contributed by atoms with Crippen LogP contribution in [0.2, 0.25) is 0 Å². The van der Waals surface area contributed by atoms with Crippen molar-refractivity contribution in [2.45, 2.75) is 23.3 Å². The van der Waals surface area contributed by atoms with Crippen molar-refractivity contribution >= 4 is 28.4 Å². The maximum Gasteiger partial charge on any atom is 0.243 e. The average Bonchev–Trinajstić information content (AvgIpc) is 2.64. The molecule has 25 heavy (non-hydrogen) atoms. The molecule has 0 unspecified atom stereocenters. The van der Waals surface area contributed by atoms with Gasteiger partial charge < -0.3 is 5.32 Å². The smallest absolute Gasteiger partial charge is 0.243 e. The summed E-state index contributed by atoms with van der Waals surface area (Å²) >= 11 is 1.66. The highest BCUT2D eigenvalue weighted by molar-refractivity contribution is 7.99. The second kappa shape index (κ2) is 8.49. The molecule has 0 saturated carbocycles. The van der Waals surface area contributed by atoms with Crippen LogP contribution in [-0.4, -0.2) is 17.4 Å². The molecule has 0 aliphatic carbocycles. The van der Waals surface area contributed by atoms with Gasteiger partial charge in [-0.15, -0.1) is 0 Å². The summed E-state index contributed by atoms with van der Waals surface area (Å²) in [6.45, 7) is 2.44. The average molecular weight is 348 g/mol. The number of rotatable bonds is 6. The van der Waals surface area contributed by atoms with E-state index in [1.165, 1.54) is 21.2 Å². The molecule has 1 N–H and O–H groups in total. The molecular weight excluding hydrogens is 328 g/mol. The Hall–Kier alpha value is -2.59. The standard InChI is InChI=1S/C21H20N2OS/c1-2-7-20(24)22-15-13-18-17-9-4-3-8-16(17)11-12-19(18)25-21-10-5-6-14-23-21/h2-12,14H,13,15H2,1H3,(H,22,24). The predicted molar refractivity (Wildman–Crippen MR) is 104 cm³/mol. The molecule has 0 radical (unpaired) electrons.